The maximum absolute atomic E-state index is 12.0. The number of amides is 1. The van der Waals surface area contributed by atoms with E-state index < -0.39 is 0 Å². The zero-order valence-electron chi connectivity index (χ0n) is 9.45. The minimum absolute atomic E-state index is 0.0635. The molecule has 2 heterocycles. The molecule has 1 amide bonds. The summed E-state index contributed by atoms with van der Waals surface area (Å²) in [5.74, 6) is 0.125. The Bertz CT molecular complexity index is 602. The highest BCUT2D eigenvalue weighted by molar-refractivity contribution is 6.35. The zero-order valence-corrected chi connectivity index (χ0v) is 11.0. The molecule has 0 aliphatic carbocycles. The Morgan fingerprint density at radius 2 is 2.06 bits per heavy atom. The molecule has 0 aliphatic rings. The Morgan fingerprint density at radius 1 is 1.28 bits per heavy atom. The molecule has 0 saturated heterocycles. The number of aromatic nitrogens is 2. The number of anilines is 1. The Balaban J connectivity index is 2.25. The molecular formula is C12H9Cl2N3O. The van der Waals surface area contributed by atoms with Gasteiger partial charge in [-0.2, -0.15) is 0 Å². The summed E-state index contributed by atoms with van der Waals surface area (Å²) in [7, 11) is 0. The maximum Gasteiger partial charge on any atom is 0.259 e. The summed E-state index contributed by atoms with van der Waals surface area (Å²) in [6, 6.07) is 6.67. The molecule has 6 heteroatoms. The molecule has 0 aliphatic heterocycles. The lowest BCUT2D eigenvalue weighted by molar-refractivity contribution is 0.102. The number of pyridine rings is 2. The number of nitrogens with one attached hydrogen (secondary N) is 1. The second-order valence-electron chi connectivity index (χ2n) is 3.60. The highest BCUT2D eigenvalue weighted by atomic mass is 35.5. The molecule has 0 bridgehead atoms. The standard InChI is InChI=1S/C12H9Cl2N3O/c1-7-3-2-6-15-11(7)17-12(18)8-4-5-9(13)16-10(8)14/h2-6H,1H3,(H,15,17,18). The van der Waals surface area contributed by atoms with E-state index >= 15 is 0 Å². The van der Waals surface area contributed by atoms with Crippen LogP contribution in [-0.2, 0) is 0 Å². The summed E-state index contributed by atoms with van der Waals surface area (Å²) in [4.78, 5) is 19.9. The third-order valence-corrected chi connectivity index (χ3v) is 2.80. The summed E-state index contributed by atoms with van der Waals surface area (Å²) in [6.07, 6.45) is 1.60. The van der Waals surface area contributed by atoms with E-state index in [4.69, 9.17) is 23.2 Å². The van der Waals surface area contributed by atoms with Gasteiger partial charge in [-0.05, 0) is 30.7 Å². The zero-order chi connectivity index (χ0) is 13.1. The first-order chi connectivity index (χ1) is 8.58. The number of carbonyl (C=O) groups excluding carboxylic acids is 1. The number of hydrogen-bond donors (Lipinski definition) is 1. The van der Waals surface area contributed by atoms with E-state index in [-0.39, 0.29) is 21.8 Å². The van der Waals surface area contributed by atoms with Gasteiger partial charge in [-0.15, -0.1) is 0 Å². The predicted molar refractivity (Wildman–Crippen MR) is 71.2 cm³/mol. The van der Waals surface area contributed by atoms with Gasteiger partial charge in [0.2, 0.25) is 0 Å². The number of halogens is 2. The summed E-state index contributed by atoms with van der Waals surface area (Å²) in [6.45, 7) is 1.85. The van der Waals surface area contributed by atoms with E-state index in [0.29, 0.717) is 5.82 Å². The van der Waals surface area contributed by atoms with Crippen molar-refractivity contribution < 1.29 is 4.79 Å². The first-order valence-corrected chi connectivity index (χ1v) is 5.88. The lowest BCUT2D eigenvalue weighted by Gasteiger charge is -2.07. The van der Waals surface area contributed by atoms with Crippen LogP contribution in [0.3, 0.4) is 0 Å². The highest BCUT2D eigenvalue weighted by Gasteiger charge is 2.13. The molecule has 0 atom stereocenters. The Morgan fingerprint density at radius 3 is 2.72 bits per heavy atom. The van der Waals surface area contributed by atoms with Gasteiger partial charge in [0.15, 0.2) is 0 Å². The Hall–Kier alpha value is -1.65. The minimum Gasteiger partial charge on any atom is -0.306 e. The molecule has 4 nitrogen and oxygen atoms in total. The van der Waals surface area contributed by atoms with Gasteiger partial charge in [0, 0.05) is 6.20 Å². The van der Waals surface area contributed by atoms with Crippen molar-refractivity contribution in [3.63, 3.8) is 0 Å². The third kappa shape index (κ3) is 2.78. The van der Waals surface area contributed by atoms with Crippen molar-refractivity contribution in [3.8, 4) is 0 Å². The monoisotopic (exact) mass is 281 g/mol. The van der Waals surface area contributed by atoms with Gasteiger partial charge in [0.1, 0.15) is 16.1 Å². The SMILES string of the molecule is Cc1cccnc1NC(=O)c1ccc(Cl)nc1Cl. The van der Waals surface area contributed by atoms with Crippen molar-refractivity contribution >= 4 is 34.9 Å². The highest BCUT2D eigenvalue weighted by Crippen LogP contribution is 2.18. The second-order valence-corrected chi connectivity index (χ2v) is 4.34. The van der Waals surface area contributed by atoms with Crippen LogP contribution in [0.25, 0.3) is 0 Å². The molecule has 2 aromatic rings. The predicted octanol–water partition coefficient (Wildman–Crippen LogP) is 3.34. The summed E-state index contributed by atoms with van der Waals surface area (Å²) < 4.78 is 0. The lowest BCUT2D eigenvalue weighted by atomic mass is 10.2. The Kier molecular flexibility index (Phi) is 3.79. The van der Waals surface area contributed by atoms with Crippen molar-refractivity contribution in [2.75, 3.05) is 5.32 Å². The third-order valence-electron chi connectivity index (χ3n) is 2.30. The van der Waals surface area contributed by atoms with Gasteiger partial charge in [0.05, 0.1) is 5.56 Å². The van der Waals surface area contributed by atoms with E-state index in [1.54, 1.807) is 12.3 Å². The summed E-state index contributed by atoms with van der Waals surface area (Å²) >= 11 is 11.5. The molecular weight excluding hydrogens is 273 g/mol. The van der Waals surface area contributed by atoms with Gasteiger partial charge >= 0.3 is 0 Å². The van der Waals surface area contributed by atoms with Crippen LogP contribution >= 0.6 is 23.2 Å². The van der Waals surface area contributed by atoms with Crippen molar-refractivity contribution in [1.82, 2.24) is 9.97 Å². The van der Waals surface area contributed by atoms with Crippen molar-refractivity contribution in [1.29, 1.82) is 0 Å². The van der Waals surface area contributed by atoms with Crippen LogP contribution in [0, 0.1) is 6.92 Å². The van der Waals surface area contributed by atoms with Crippen LogP contribution in [-0.4, -0.2) is 15.9 Å². The number of carbonyl (C=O) groups is 1. The number of rotatable bonds is 2. The van der Waals surface area contributed by atoms with Crippen LogP contribution in [0.2, 0.25) is 10.3 Å². The van der Waals surface area contributed by atoms with E-state index in [1.807, 2.05) is 13.0 Å². The topological polar surface area (TPSA) is 54.9 Å². The molecule has 18 heavy (non-hydrogen) atoms. The molecule has 0 spiro atoms. The molecule has 2 aromatic heterocycles. The maximum atomic E-state index is 12.0. The smallest absolute Gasteiger partial charge is 0.259 e. The molecule has 1 N–H and O–H groups in total. The molecule has 0 aromatic carbocycles. The van der Waals surface area contributed by atoms with E-state index in [2.05, 4.69) is 15.3 Å². The van der Waals surface area contributed by atoms with Crippen LogP contribution in [0.15, 0.2) is 30.5 Å². The first-order valence-electron chi connectivity index (χ1n) is 5.13. The number of aryl methyl sites for hydroxylation is 1. The van der Waals surface area contributed by atoms with Crippen LogP contribution in [0.5, 0.6) is 0 Å². The molecule has 0 radical (unpaired) electrons. The molecule has 0 fully saturated rings. The number of hydrogen-bond acceptors (Lipinski definition) is 3. The van der Waals surface area contributed by atoms with Crippen LogP contribution in [0.4, 0.5) is 5.82 Å². The van der Waals surface area contributed by atoms with Gasteiger partial charge in [-0.1, -0.05) is 29.3 Å². The van der Waals surface area contributed by atoms with Gasteiger partial charge < -0.3 is 5.32 Å². The van der Waals surface area contributed by atoms with E-state index in [9.17, 15) is 4.79 Å². The van der Waals surface area contributed by atoms with Gasteiger partial charge in [-0.25, -0.2) is 9.97 Å². The second kappa shape index (κ2) is 5.33. The normalized spacial score (nSPS) is 10.2. The summed E-state index contributed by atoms with van der Waals surface area (Å²) in [5, 5.41) is 2.97. The summed E-state index contributed by atoms with van der Waals surface area (Å²) in [5.41, 5.74) is 1.12. The molecule has 0 saturated carbocycles. The largest absolute Gasteiger partial charge is 0.306 e. The van der Waals surface area contributed by atoms with E-state index in [0.717, 1.165) is 5.56 Å². The van der Waals surface area contributed by atoms with E-state index in [1.165, 1.54) is 12.1 Å². The van der Waals surface area contributed by atoms with Gasteiger partial charge in [-0.3, -0.25) is 4.79 Å². The lowest BCUT2D eigenvalue weighted by Crippen LogP contribution is -2.14. The fourth-order valence-corrected chi connectivity index (χ4v) is 1.80. The first kappa shape index (κ1) is 12.8. The average Bonchev–Trinajstić information content (AvgIpc) is 2.32. The molecule has 92 valence electrons. The fraction of sp³-hybridized carbons (Fsp3) is 0.0833. The van der Waals surface area contributed by atoms with Gasteiger partial charge in [0.25, 0.3) is 5.91 Å². The van der Waals surface area contributed by atoms with Crippen molar-refractivity contribution in [3.05, 3.63) is 51.9 Å². The number of nitrogens with zero attached hydrogens (tertiary/aromatic N) is 2. The van der Waals surface area contributed by atoms with Crippen molar-refractivity contribution in [2.24, 2.45) is 0 Å². The Labute approximate surface area is 114 Å². The average molecular weight is 282 g/mol. The molecule has 2 rings (SSSR count). The van der Waals surface area contributed by atoms with Crippen LogP contribution < -0.4 is 5.32 Å². The van der Waals surface area contributed by atoms with Crippen molar-refractivity contribution in [2.45, 2.75) is 6.92 Å². The quantitative estimate of drug-likeness (QED) is 0.859. The fourth-order valence-electron chi connectivity index (χ4n) is 1.37. The van der Waals surface area contributed by atoms with Crippen LogP contribution in [0.1, 0.15) is 15.9 Å². The molecule has 0 unspecified atom stereocenters. The minimum atomic E-state index is -0.369.